The number of sulfone groups is 1. The fraction of sp³-hybridized carbons (Fsp3) is 0.643. The summed E-state index contributed by atoms with van der Waals surface area (Å²) < 4.78 is 35.4. The number of carboxylic acids is 1. The third-order valence-corrected chi connectivity index (χ3v) is 8.32. The number of esters is 1. The van der Waals surface area contributed by atoms with Gasteiger partial charge in [0.15, 0.2) is 9.84 Å². The number of carbonyl (C=O) groups excluding carboxylic acids is 1. The average molecular weight is 541 g/mol. The van der Waals surface area contributed by atoms with Gasteiger partial charge in [-0.1, -0.05) is 57.9 Å². The molecule has 1 unspecified atom stereocenters. The molecule has 0 amide bonds. The number of hydrogen-bond donors (Lipinski definition) is 2. The van der Waals surface area contributed by atoms with E-state index in [0.29, 0.717) is 36.1 Å². The Hall–Kier alpha value is -2.23. The number of ether oxygens (including phenoxy) is 2. The largest absolute Gasteiger partial charge is 0.481 e. The van der Waals surface area contributed by atoms with Gasteiger partial charge in [-0.3, -0.25) is 4.79 Å². The maximum absolute atomic E-state index is 12.8. The molecule has 0 aliphatic heterocycles. The number of aliphatic carboxylic acids is 1. The van der Waals surface area contributed by atoms with E-state index < -0.39 is 39.2 Å². The number of carboxylic acid groups (broad SMARTS) is 1. The molecule has 0 aromatic heterocycles. The molecule has 0 spiro atoms. The van der Waals surface area contributed by atoms with Crippen molar-refractivity contribution < 1.29 is 37.7 Å². The third-order valence-electron chi connectivity index (χ3n) is 6.29. The summed E-state index contributed by atoms with van der Waals surface area (Å²) in [6.45, 7) is 9.35. The zero-order chi connectivity index (χ0) is 28.1. The highest BCUT2D eigenvalue weighted by Crippen LogP contribution is 2.35. The number of carbonyl (C=O) groups is 2. The molecule has 0 aliphatic rings. The van der Waals surface area contributed by atoms with E-state index in [1.807, 2.05) is 20.8 Å². The normalized spacial score (nSPS) is 14.3. The summed E-state index contributed by atoms with van der Waals surface area (Å²) in [5, 5.41) is 19.5. The van der Waals surface area contributed by atoms with Gasteiger partial charge in [0.05, 0.1) is 31.3 Å². The summed E-state index contributed by atoms with van der Waals surface area (Å²) >= 11 is 0. The molecule has 1 aromatic carbocycles. The summed E-state index contributed by atoms with van der Waals surface area (Å²) in [5.41, 5.74) is -0.270. The lowest BCUT2D eigenvalue weighted by Crippen LogP contribution is -2.41. The van der Waals surface area contributed by atoms with Gasteiger partial charge in [-0.05, 0) is 55.7 Å². The van der Waals surface area contributed by atoms with Gasteiger partial charge in [-0.2, -0.15) is 0 Å². The molecule has 0 aliphatic carbocycles. The van der Waals surface area contributed by atoms with Crippen LogP contribution in [0.15, 0.2) is 29.8 Å². The van der Waals surface area contributed by atoms with Crippen LogP contribution < -0.4 is 0 Å². The molecular weight excluding hydrogens is 496 g/mol. The van der Waals surface area contributed by atoms with Gasteiger partial charge < -0.3 is 19.7 Å². The fourth-order valence-electron chi connectivity index (χ4n) is 4.31. The van der Waals surface area contributed by atoms with Crippen LogP contribution in [0, 0.1) is 5.41 Å². The van der Waals surface area contributed by atoms with Gasteiger partial charge in [0.2, 0.25) is 0 Å². The lowest BCUT2D eigenvalue weighted by Gasteiger charge is -2.32. The Morgan fingerprint density at radius 1 is 1.11 bits per heavy atom. The Kier molecular flexibility index (Phi) is 13.5. The van der Waals surface area contributed by atoms with Crippen molar-refractivity contribution in [3.63, 3.8) is 0 Å². The molecule has 0 fully saturated rings. The summed E-state index contributed by atoms with van der Waals surface area (Å²) in [4.78, 5) is 24.8. The quantitative estimate of drug-likeness (QED) is 0.159. The second-order valence-electron chi connectivity index (χ2n) is 10.3. The van der Waals surface area contributed by atoms with Crippen LogP contribution in [0.1, 0.15) is 77.8 Å². The number of aliphatic hydroxyl groups excluding tert-OH is 1. The van der Waals surface area contributed by atoms with Crippen LogP contribution in [0.5, 0.6) is 0 Å². The molecular formula is C28H44O8S. The first-order valence-electron chi connectivity index (χ1n) is 12.9. The van der Waals surface area contributed by atoms with Gasteiger partial charge in [0.25, 0.3) is 0 Å². The average Bonchev–Trinajstić information content (AvgIpc) is 2.79. The van der Waals surface area contributed by atoms with Crippen molar-refractivity contribution in [2.75, 3.05) is 37.9 Å². The van der Waals surface area contributed by atoms with Gasteiger partial charge in [-0.25, -0.2) is 13.2 Å². The van der Waals surface area contributed by atoms with Gasteiger partial charge in [0.1, 0.15) is 5.41 Å². The van der Waals surface area contributed by atoms with Crippen molar-refractivity contribution in [1.82, 2.24) is 0 Å². The molecule has 2 N–H and O–H groups in total. The molecule has 210 valence electrons. The van der Waals surface area contributed by atoms with E-state index in [1.165, 1.54) is 0 Å². The highest BCUT2D eigenvalue weighted by atomic mass is 32.2. The SMILES string of the molecule is CCCCOCC(CCCC(C)(C)CS(=O)(=O)CCO)(C(=O)O)c1cccc(/C=C(\C)C(=O)OCC)c1. The standard InChI is InChI=1S/C28H44O8S/c1-6-8-16-35-20-28(26(31)32,14-10-13-27(4,5)21-37(33,34)17-15-29)24-12-9-11-23(19-24)18-22(3)25(30)36-7-2/h9,11-12,18-19,29H,6-8,10,13-17,20-21H2,1-5H3,(H,31,32)/b22-18+. The predicted octanol–water partition coefficient (Wildman–Crippen LogP) is 4.40. The number of rotatable bonds is 18. The second kappa shape index (κ2) is 15.2. The minimum absolute atomic E-state index is 0.0183. The molecule has 0 saturated heterocycles. The first-order valence-corrected chi connectivity index (χ1v) is 14.7. The molecule has 37 heavy (non-hydrogen) atoms. The van der Waals surface area contributed by atoms with Crippen LogP contribution in [0.2, 0.25) is 0 Å². The maximum atomic E-state index is 12.8. The highest BCUT2D eigenvalue weighted by Gasteiger charge is 2.41. The molecule has 1 rings (SSSR count). The second-order valence-corrected chi connectivity index (χ2v) is 12.5. The van der Waals surface area contributed by atoms with E-state index >= 15 is 0 Å². The molecule has 0 bridgehead atoms. The first-order chi connectivity index (χ1) is 17.3. The van der Waals surface area contributed by atoms with E-state index in [2.05, 4.69) is 0 Å². The molecule has 0 saturated carbocycles. The van der Waals surface area contributed by atoms with E-state index in [1.54, 1.807) is 44.2 Å². The molecule has 8 nitrogen and oxygen atoms in total. The summed E-state index contributed by atoms with van der Waals surface area (Å²) in [7, 11) is -3.41. The molecule has 0 heterocycles. The highest BCUT2D eigenvalue weighted by molar-refractivity contribution is 7.91. The smallest absolute Gasteiger partial charge is 0.333 e. The van der Waals surface area contributed by atoms with E-state index in [4.69, 9.17) is 14.6 Å². The monoisotopic (exact) mass is 540 g/mol. The molecule has 9 heteroatoms. The summed E-state index contributed by atoms with van der Waals surface area (Å²) in [6.07, 6.45) is 4.61. The minimum atomic E-state index is -3.41. The summed E-state index contributed by atoms with van der Waals surface area (Å²) in [5.74, 6) is -1.82. The minimum Gasteiger partial charge on any atom is -0.481 e. The fourth-order valence-corrected chi connectivity index (χ4v) is 6.07. The maximum Gasteiger partial charge on any atom is 0.333 e. The lowest BCUT2D eigenvalue weighted by molar-refractivity contribution is -0.147. The van der Waals surface area contributed by atoms with Gasteiger partial charge in [-0.15, -0.1) is 0 Å². The number of unbranched alkanes of at least 4 members (excludes halogenated alkanes) is 1. The predicted molar refractivity (Wildman–Crippen MR) is 145 cm³/mol. The lowest BCUT2D eigenvalue weighted by atomic mass is 9.75. The van der Waals surface area contributed by atoms with Crippen LogP contribution in [0.25, 0.3) is 6.08 Å². The van der Waals surface area contributed by atoms with Crippen LogP contribution in [-0.4, -0.2) is 68.5 Å². The molecule has 0 radical (unpaired) electrons. The Morgan fingerprint density at radius 3 is 2.41 bits per heavy atom. The van der Waals surface area contributed by atoms with Crippen molar-refractivity contribution >= 4 is 27.9 Å². The van der Waals surface area contributed by atoms with Crippen LogP contribution in [0.3, 0.4) is 0 Å². The zero-order valence-electron chi connectivity index (χ0n) is 22.9. The van der Waals surface area contributed by atoms with Crippen molar-refractivity contribution in [3.8, 4) is 0 Å². The Balaban J connectivity index is 3.28. The van der Waals surface area contributed by atoms with Crippen molar-refractivity contribution in [1.29, 1.82) is 0 Å². The number of aliphatic hydroxyl groups is 1. The topological polar surface area (TPSA) is 127 Å². The third kappa shape index (κ3) is 11.0. The Bertz CT molecular complexity index is 1010. The Morgan fingerprint density at radius 2 is 1.81 bits per heavy atom. The van der Waals surface area contributed by atoms with Gasteiger partial charge >= 0.3 is 11.9 Å². The van der Waals surface area contributed by atoms with Crippen LogP contribution in [0.4, 0.5) is 0 Å². The van der Waals surface area contributed by atoms with E-state index in [0.717, 1.165) is 12.8 Å². The number of benzene rings is 1. The molecule has 1 atom stereocenters. The van der Waals surface area contributed by atoms with Crippen LogP contribution in [-0.2, 0) is 34.3 Å². The van der Waals surface area contributed by atoms with Crippen molar-refractivity contribution in [2.24, 2.45) is 5.41 Å². The van der Waals surface area contributed by atoms with Crippen molar-refractivity contribution in [3.05, 3.63) is 41.0 Å². The van der Waals surface area contributed by atoms with Crippen molar-refractivity contribution in [2.45, 2.75) is 72.1 Å². The van der Waals surface area contributed by atoms with Crippen LogP contribution >= 0.6 is 0 Å². The zero-order valence-corrected chi connectivity index (χ0v) is 23.7. The van der Waals surface area contributed by atoms with E-state index in [-0.39, 0.29) is 31.1 Å². The van der Waals surface area contributed by atoms with Gasteiger partial charge in [0, 0.05) is 12.2 Å². The summed E-state index contributed by atoms with van der Waals surface area (Å²) in [6, 6.07) is 7.07. The number of hydrogen-bond acceptors (Lipinski definition) is 7. The van der Waals surface area contributed by atoms with E-state index in [9.17, 15) is 23.1 Å². The molecule has 1 aromatic rings. The Labute approximate surface area is 222 Å². The first kappa shape index (κ1) is 32.8.